The molecule has 0 aliphatic carbocycles. The van der Waals surface area contributed by atoms with Gasteiger partial charge in [-0.2, -0.15) is 0 Å². The SMILES string of the molecule is NC(=O)c1c([N+](=O)[O-])ccc(F)c1Br.O=C(O)c1c([N+](=O)[O-])ccc(F)c1Br. The van der Waals surface area contributed by atoms with Gasteiger partial charge in [0.1, 0.15) is 17.2 Å². The number of hydrogen-bond acceptors (Lipinski definition) is 6. The molecule has 2 aromatic carbocycles. The van der Waals surface area contributed by atoms with Gasteiger partial charge in [-0.1, -0.05) is 0 Å². The third-order valence-electron chi connectivity index (χ3n) is 3.00. The van der Waals surface area contributed by atoms with Gasteiger partial charge in [0.05, 0.1) is 18.8 Å². The minimum atomic E-state index is -1.55. The molecule has 0 fully saturated rings. The quantitative estimate of drug-likeness (QED) is 0.451. The number of benzene rings is 2. The number of primary amides is 1. The molecule has 1 amide bonds. The van der Waals surface area contributed by atoms with E-state index in [0.717, 1.165) is 24.3 Å². The molecule has 3 N–H and O–H groups in total. The van der Waals surface area contributed by atoms with E-state index in [9.17, 15) is 38.6 Å². The fraction of sp³-hybridized carbons (Fsp3) is 0. The molecule has 0 aliphatic rings. The van der Waals surface area contributed by atoms with Gasteiger partial charge in [0.25, 0.3) is 17.3 Å². The number of nitrogens with two attached hydrogens (primary N) is 1. The highest BCUT2D eigenvalue weighted by Gasteiger charge is 2.25. The van der Waals surface area contributed by atoms with E-state index in [0.29, 0.717) is 0 Å². The van der Waals surface area contributed by atoms with E-state index in [1.807, 2.05) is 0 Å². The maximum absolute atomic E-state index is 12.9. The molecule has 0 unspecified atom stereocenters. The Labute approximate surface area is 170 Å². The molecule has 0 aliphatic heterocycles. The van der Waals surface area contributed by atoms with Crippen LogP contribution >= 0.6 is 31.9 Å². The normalized spacial score (nSPS) is 9.86. The second kappa shape index (κ2) is 9.27. The summed E-state index contributed by atoms with van der Waals surface area (Å²) < 4.78 is 25.0. The number of halogens is 4. The van der Waals surface area contributed by atoms with Crippen LogP contribution in [0.4, 0.5) is 20.2 Å². The van der Waals surface area contributed by atoms with Crippen molar-refractivity contribution in [2.75, 3.05) is 0 Å². The number of hydrogen-bond donors (Lipinski definition) is 2. The van der Waals surface area contributed by atoms with Crippen LogP contribution < -0.4 is 5.73 Å². The highest BCUT2D eigenvalue weighted by atomic mass is 79.9. The minimum Gasteiger partial charge on any atom is -0.477 e. The van der Waals surface area contributed by atoms with Gasteiger partial charge < -0.3 is 10.8 Å². The van der Waals surface area contributed by atoms with Gasteiger partial charge in [-0.3, -0.25) is 25.0 Å². The van der Waals surface area contributed by atoms with Crippen LogP contribution in [0.3, 0.4) is 0 Å². The molecule has 14 heteroatoms. The van der Waals surface area contributed by atoms with Crippen molar-refractivity contribution in [3.8, 4) is 0 Å². The van der Waals surface area contributed by atoms with Gasteiger partial charge in [-0.15, -0.1) is 0 Å². The molecule has 0 aromatic heterocycles. The Balaban J connectivity index is 0.000000280. The average molecular weight is 527 g/mol. The summed E-state index contributed by atoms with van der Waals surface area (Å²) in [6.07, 6.45) is 0. The molecule has 0 saturated carbocycles. The minimum absolute atomic E-state index is 0.292. The number of nitro groups is 2. The van der Waals surface area contributed by atoms with Crippen LogP contribution in [0, 0.1) is 31.9 Å². The Kier molecular flexibility index (Phi) is 7.63. The number of nitro benzene ring substituents is 2. The van der Waals surface area contributed by atoms with Crippen molar-refractivity contribution in [3.63, 3.8) is 0 Å². The molecular formula is C14H7Br2F2N3O7. The summed E-state index contributed by atoms with van der Waals surface area (Å²) in [5, 5.41) is 29.5. The van der Waals surface area contributed by atoms with Crippen LogP contribution in [0.15, 0.2) is 33.2 Å². The van der Waals surface area contributed by atoms with E-state index < -0.39 is 60.3 Å². The fourth-order valence-electron chi connectivity index (χ4n) is 1.82. The van der Waals surface area contributed by atoms with Gasteiger partial charge in [0.2, 0.25) is 0 Å². The first kappa shape index (κ1) is 23.0. The van der Waals surface area contributed by atoms with Crippen LogP contribution in [0.5, 0.6) is 0 Å². The van der Waals surface area contributed by atoms with Gasteiger partial charge in [-0.05, 0) is 44.0 Å². The van der Waals surface area contributed by atoms with Crippen LogP contribution in [0.25, 0.3) is 0 Å². The van der Waals surface area contributed by atoms with E-state index in [-0.39, 0.29) is 4.47 Å². The van der Waals surface area contributed by atoms with E-state index in [1.54, 1.807) is 0 Å². The number of carbonyl (C=O) groups excluding carboxylic acids is 1. The van der Waals surface area contributed by atoms with Crippen molar-refractivity contribution < 1.29 is 33.3 Å². The third-order valence-corrected chi connectivity index (χ3v) is 4.55. The average Bonchev–Trinajstić information content (AvgIpc) is 2.58. The first-order chi connectivity index (χ1) is 12.9. The smallest absolute Gasteiger partial charge is 0.344 e. The summed E-state index contributed by atoms with van der Waals surface area (Å²) in [6, 6.07) is 3.41. The van der Waals surface area contributed by atoms with Crippen LogP contribution in [-0.2, 0) is 0 Å². The summed E-state index contributed by atoms with van der Waals surface area (Å²) in [4.78, 5) is 40.6. The van der Waals surface area contributed by atoms with Crippen LogP contribution in [0.1, 0.15) is 20.7 Å². The number of carbonyl (C=O) groups is 2. The Morgan fingerprint density at radius 3 is 1.57 bits per heavy atom. The molecule has 148 valence electrons. The number of rotatable bonds is 4. The van der Waals surface area contributed by atoms with Crippen molar-refractivity contribution in [1.82, 2.24) is 0 Å². The van der Waals surface area contributed by atoms with E-state index in [2.05, 4.69) is 31.9 Å². The number of carboxylic acid groups (broad SMARTS) is 1. The Bertz CT molecular complexity index is 922. The molecule has 0 spiro atoms. The zero-order valence-corrected chi connectivity index (χ0v) is 16.4. The van der Waals surface area contributed by atoms with E-state index in [4.69, 9.17) is 10.8 Å². The highest BCUT2D eigenvalue weighted by Crippen LogP contribution is 2.29. The maximum atomic E-state index is 12.9. The predicted molar refractivity (Wildman–Crippen MR) is 97.0 cm³/mol. The molecule has 0 atom stereocenters. The predicted octanol–water partition coefficient (Wildman–Crippen LogP) is 3.79. The van der Waals surface area contributed by atoms with Gasteiger partial charge >= 0.3 is 5.97 Å². The van der Waals surface area contributed by atoms with Gasteiger partial charge in [0.15, 0.2) is 5.56 Å². The van der Waals surface area contributed by atoms with Gasteiger partial charge in [-0.25, -0.2) is 13.6 Å². The molecule has 2 aromatic rings. The van der Waals surface area contributed by atoms with Crippen molar-refractivity contribution in [2.45, 2.75) is 0 Å². The Morgan fingerprint density at radius 1 is 0.893 bits per heavy atom. The lowest BCUT2D eigenvalue weighted by molar-refractivity contribution is -0.385. The summed E-state index contributed by atoms with van der Waals surface area (Å²) in [7, 11) is 0. The fourth-order valence-corrected chi connectivity index (χ4v) is 2.86. The van der Waals surface area contributed by atoms with Crippen molar-refractivity contribution in [1.29, 1.82) is 0 Å². The number of nitrogens with zero attached hydrogens (tertiary/aromatic N) is 2. The molecular weight excluding hydrogens is 520 g/mol. The monoisotopic (exact) mass is 525 g/mol. The number of aromatic carboxylic acids is 1. The van der Waals surface area contributed by atoms with E-state index >= 15 is 0 Å². The summed E-state index contributed by atoms with van der Waals surface area (Å²) in [5.74, 6) is -4.23. The maximum Gasteiger partial charge on any atom is 0.344 e. The molecule has 0 saturated heterocycles. The zero-order chi connectivity index (χ0) is 21.8. The van der Waals surface area contributed by atoms with Crippen molar-refractivity contribution in [2.24, 2.45) is 5.73 Å². The van der Waals surface area contributed by atoms with E-state index in [1.165, 1.54) is 0 Å². The number of carboxylic acids is 1. The zero-order valence-electron chi connectivity index (χ0n) is 13.2. The van der Waals surface area contributed by atoms with Crippen molar-refractivity contribution >= 4 is 55.1 Å². The number of amides is 1. The third kappa shape index (κ3) is 5.04. The molecule has 2 rings (SSSR count). The molecule has 10 nitrogen and oxygen atoms in total. The summed E-state index contributed by atoms with van der Waals surface area (Å²) >= 11 is 5.36. The summed E-state index contributed by atoms with van der Waals surface area (Å²) in [6.45, 7) is 0. The first-order valence-corrected chi connectivity index (χ1v) is 8.26. The second-order valence-electron chi connectivity index (χ2n) is 4.69. The highest BCUT2D eigenvalue weighted by molar-refractivity contribution is 9.10. The molecule has 0 bridgehead atoms. The molecule has 0 heterocycles. The largest absolute Gasteiger partial charge is 0.477 e. The van der Waals surface area contributed by atoms with Crippen LogP contribution in [0.2, 0.25) is 0 Å². The topological polar surface area (TPSA) is 167 Å². The molecule has 0 radical (unpaired) electrons. The van der Waals surface area contributed by atoms with Gasteiger partial charge in [0, 0.05) is 12.1 Å². The lowest BCUT2D eigenvalue weighted by Gasteiger charge is -2.01. The second-order valence-corrected chi connectivity index (χ2v) is 6.28. The lowest BCUT2D eigenvalue weighted by Crippen LogP contribution is -2.14. The Hall–Kier alpha value is -3.00. The Morgan fingerprint density at radius 2 is 1.25 bits per heavy atom. The summed E-state index contributed by atoms with van der Waals surface area (Å²) in [5.41, 5.74) is 2.56. The molecule has 28 heavy (non-hydrogen) atoms. The standard InChI is InChI=1S/C7H4BrFN2O3.C7H3BrFNO4/c8-6-3(9)1-2-4(11(13)14)5(6)7(10)12;8-6-3(9)1-2-4(10(13)14)5(6)7(11)12/h1-2H,(H2,10,12);1-2H,(H,11,12). The lowest BCUT2D eigenvalue weighted by atomic mass is 10.1. The first-order valence-electron chi connectivity index (χ1n) is 6.68. The van der Waals surface area contributed by atoms with Crippen LogP contribution in [-0.4, -0.2) is 26.8 Å². The van der Waals surface area contributed by atoms with Crippen molar-refractivity contribution in [3.05, 3.63) is 76.2 Å².